The smallest absolute Gasteiger partial charge is 0.0534 e. The van der Waals surface area contributed by atoms with Crippen molar-refractivity contribution in [3.63, 3.8) is 0 Å². The molecule has 94 valence electrons. The molecule has 0 aromatic carbocycles. The van der Waals surface area contributed by atoms with Gasteiger partial charge in [-0.3, -0.25) is 9.58 Å². The quantitative estimate of drug-likeness (QED) is 0.850. The van der Waals surface area contributed by atoms with E-state index in [-0.39, 0.29) is 0 Å². The van der Waals surface area contributed by atoms with Crippen molar-refractivity contribution in [3.05, 3.63) is 18.0 Å². The summed E-state index contributed by atoms with van der Waals surface area (Å²) in [4.78, 5) is 2.57. The summed E-state index contributed by atoms with van der Waals surface area (Å²) in [5.74, 6) is 0.880. The van der Waals surface area contributed by atoms with Crippen molar-refractivity contribution in [2.75, 3.05) is 19.6 Å². The number of likely N-dealkylation sites (tertiary alicyclic amines) is 1. The van der Waals surface area contributed by atoms with Crippen LogP contribution in [0.25, 0.3) is 0 Å². The number of hydrogen-bond acceptors (Lipinski definition) is 3. The summed E-state index contributed by atoms with van der Waals surface area (Å²) in [6, 6.07) is 0.741. The lowest BCUT2D eigenvalue weighted by atomic mass is 9.94. The first kappa shape index (κ1) is 11.2. The van der Waals surface area contributed by atoms with Gasteiger partial charge in [-0.2, -0.15) is 5.10 Å². The molecular formula is C13H22N4. The lowest BCUT2D eigenvalue weighted by Gasteiger charge is -2.24. The molecule has 0 radical (unpaired) electrons. The zero-order chi connectivity index (χ0) is 11.7. The second-order valence-electron chi connectivity index (χ2n) is 5.36. The molecule has 1 N–H and O–H groups in total. The number of hydrogen-bond donors (Lipinski definition) is 1. The van der Waals surface area contributed by atoms with Crippen LogP contribution in [0, 0.1) is 5.92 Å². The predicted octanol–water partition coefficient (Wildman–Crippen LogP) is 1.09. The third kappa shape index (κ3) is 2.38. The molecule has 0 saturated carbocycles. The molecule has 2 unspecified atom stereocenters. The fourth-order valence-corrected chi connectivity index (χ4v) is 3.18. The Morgan fingerprint density at radius 3 is 3.18 bits per heavy atom. The van der Waals surface area contributed by atoms with Crippen molar-refractivity contribution in [1.82, 2.24) is 20.0 Å². The molecule has 3 rings (SSSR count). The molecule has 4 nitrogen and oxygen atoms in total. The van der Waals surface area contributed by atoms with E-state index >= 15 is 0 Å². The van der Waals surface area contributed by atoms with Crippen LogP contribution in [-0.2, 0) is 13.1 Å². The van der Waals surface area contributed by atoms with E-state index in [4.69, 9.17) is 0 Å². The summed E-state index contributed by atoms with van der Waals surface area (Å²) in [6.07, 6.45) is 6.94. The monoisotopic (exact) mass is 234 g/mol. The number of aryl methyl sites for hydroxylation is 1. The first-order valence-electron chi connectivity index (χ1n) is 6.82. The van der Waals surface area contributed by atoms with Gasteiger partial charge in [0, 0.05) is 44.0 Å². The topological polar surface area (TPSA) is 33.1 Å². The highest BCUT2D eigenvalue weighted by Gasteiger charge is 2.33. The Morgan fingerprint density at radius 1 is 1.47 bits per heavy atom. The molecule has 0 aliphatic carbocycles. The Labute approximate surface area is 103 Å². The second kappa shape index (κ2) is 4.78. The van der Waals surface area contributed by atoms with Crippen molar-refractivity contribution in [1.29, 1.82) is 0 Å². The van der Waals surface area contributed by atoms with Crippen LogP contribution in [0.4, 0.5) is 0 Å². The van der Waals surface area contributed by atoms with Crippen molar-refractivity contribution in [2.24, 2.45) is 5.92 Å². The molecule has 2 fully saturated rings. The highest BCUT2D eigenvalue weighted by Crippen LogP contribution is 2.25. The van der Waals surface area contributed by atoms with Crippen LogP contribution in [0.3, 0.4) is 0 Å². The van der Waals surface area contributed by atoms with Gasteiger partial charge in [-0.05, 0) is 32.2 Å². The molecule has 0 bridgehead atoms. The Morgan fingerprint density at radius 2 is 2.41 bits per heavy atom. The van der Waals surface area contributed by atoms with Gasteiger partial charge in [-0.15, -0.1) is 0 Å². The molecule has 2 atom stereocenters. The molecular weight excluding hydrogens is 212 g/mol. The second-order valence-corrected chi connectivity index (χ2v) is 5.36. The normalized spacial score (nSPS) is 29.5. The Balaban J connectivity index is 1.59. The van der Waals surface area contributed by atoms with Gasteiger partial charge < -0.3 is 5.32 Å². The molecule has 0 spiro atoms. The summed E-state index contributed by atoms with van der Waals surface area (Å²) in [5.41, 5.74) is 1.35. The molecule has 2 saturated heterocycles. The molecule has 2 aliphatic rings. The van der Waals surface area contributed by atoms with Gasteiger partial charge in [-0.25, -0.2) is 0 Å². The van der Waals surface area contributed by atoms with Crippen LogP contribution < -0.4 is 5.32 Å². The summed E-state index contributed by atoms with van der Waals surface area (Å²) >= 11 is 0. The molecule has 17 heavy (non-hydrogen) atoms. The van der Waals surface area contributed by atoms with Gasteiger partial charge >= 0.3 is 0 Å². The zero-order valence-corrected chi connectivity index (χ0v) is 10.6. The van der Waals surface area contributed by atoms with E-state index in [0.717, 1.165) is 25.0 Å². The third-order valence-corrected chi connectivity index (χ3v) is 4.09. The van der Waals surface area contributed by atoms with E-state index < -0.39 is 0 Å². The van der Waals surface area contributed by atoms with Crippen LogP contribution in [-0.4, -0.2) is 40.4 Å². The Hall–Kier alpha value is -0.870. The molecule has 1 aromatic heterocycles. The number of nitrogens with zero attached hydrogens (tertiary/aromatic N) is 3. The third-order valence-electron chi connectivity index (χ3n) is 4.09. The standard InChI is InChI=1S/C13H22N4/c1-2-17-8-11(6-15-17)7-16-9-12-4-3-5-14-13(12)10-16/h6,8,12-14H,2-5,7,9-10H2,1H3. The number of rotatable bonds is 3. The van der Waals surface area contributed by atoms with Gasteiger partial charge in [0.1, 0.15) is 0 Å². The Bertz CT molecular complexity index is 359. The van der Waals surface area contributed by atoms with E-state index in [1.54, 1.807) is 0 Å². The maximum atomic E-state index is 4.34. The lowest BCUT2D eigenvalue weighted by Crippen LogP contribution is -2.40. The average molecular weight is 234 g/mol. The van der Waals surface area contributed by atoms with Gasteiger partial charge in [0.25, 0.3) is 0 Å². The highest BCUT2D eigenvalue weighted by atomic mass is 15.3. The lowest BCUT2D eigenvalue weighted by molar-refractivity contribution is 0.312. The largest absolute Gasteiger partial charge is 0.312 e. The fraction of sp³-hybridized carbons (Fsp3) is 0.769. The highest BCUT2D eigenvalue weighted by molar-refractivity contribution is 5.05. The van der Waals surface area contributed by atoms with Crippen LogP contribution in [0.1, 0.15) is 25.3 Å². The van der Waals surface area contributed by atoms with Crippen LogP contribution in [0.15, 0.2) is 12.4 Å². The maximum absolute atomic E-state index is 4.34. The van der Waals surface area contributed by atoms with Gasteiger partial charge in [0.15, 0.2) is 0 Å². The minimum absolute atomic E-state index is 0.741. The van der Waals surface area contributed by atoms with Crippen molar-refractivity contribution in [2.45, 2.75) is 38.9 Å². The average Bonchev–Trinajstić information content (AvgIpc) is 2.94. The van der Waals surface area contributed by atoms with Crippen molar-refractivity contribution < 1.29 is 0 Å². The summed E-state index contributed by atoms with van der Waals surface area (Å²) in [5, 5.41) is 7.99. The van der Waals surface area contributed by atoms with E-state index in [1.807, 2.05) is 10.9 Å². The number of aromatic nitrogens is 2. The van der Waals surface area contributed by atoms with Crippen LogP contribution in [0.2, 0.25) is 0 Å². The van der Waals surface area contributed by atoms with Crippen molar-refractivity contribution >= 4 is 0 Å². The number of nitrogens with one attached hydrogen (secondary N) is 1. The molecule has 0 amide bonds. The SMILES string of the molecule is CCn1cc(CN2CC3CCCNC3C2)cn1. The van der Waals surface area contributed by atoms with E-state index in [0.29, 0.717) is 0 Å². The van der Waals surface area contributed by atoms with Gasteiger partial charge in [0.2, 0.25) is 0 Å². The number of fused-ring (bicyclic) bond motifs is 1. The number of piperidine rings is 1. The van der Waals surface area contributed by atoms with E-state index in [1.165, 1.54) is 38.0 Å². The predicted molar refractivity (Wildman–Crippen MR) is 67.7 cm³/mol. The summed E-state index contributed by atoms with van der Waals surface area (Å²) in [6.45, 7) is 7.84. The molecule has 3 heterocycles. The molecule has 1 aromatic rings. The van der Waals surface area contributed by atoms with E-state index in [9.17, 15) is 0 Å². The van der Waals surface area contributed by atoms with Gasteiger partial charge in [-0.1, -0.05) is 0 Å². The van der Waals surface area contributed by atoms with Crippen molar-refractivity contribution in [3.8, 4) is 0 Å². The molecule has 4 heteroatoms. The first-order chi connectivity index (χ1) is 8.35. The summed E-state index contributed by atoms with van der Waals surface area (Å²) < 4.78 is 2.01. The van der Waals surface area contributed by atoms with E-state index in [2.05, 4.69) is 28.4 Å². The van der Waals surface area contributed by atoms with Crippen LogP contribution in [0.5, 0.6) is 0 Å². The fourth-order valence-electron chi connectivity index (χ4n) is 3.18. The maximum Gasteiger partial charge on any atom is 0.0534 e. The molecule has 2 aliphatic heterocycles. The van der Waals surface area contributed by atoms with Crippen LogP contribution >= 0.6 is 0 Å². The minimum Gasteiger partial charge on any atom is -0.312 e. The first-order valence-corrected chi connectivity index (χ1v) is 6.82. The zero-order valence-electron chi connectivity index (χ0n) is 10.6. The van der Waals surface area contributed by atoms with Gasteiger partial charge in [0.05, 0.1) is 6.20 Å². The Kier molecular flexibility index (Phi) is 3.16. The summed E-state index contributed by atoms with van der Waals surface area (Å²) in [7, 11) is 0. The minimum atomic E-state index is 0.741.